The molecule has 0 unspecified atom stereocenters. The molecule has 2 aliphatic rings. The predicted octanol–water partition coefficient (Wildman–Crippen LogP) is 2.78. The fraction of sp³-hybridized carbons (Fsp3) is 0.318. The highest BCUT2D eigenvalue weighted by Crippen LogP contribution is 2.31. The number of amides is 2. The van der Waals surface area contributed by atoms with Gasteiger partial charge in [0.25, 0.3) is 0 Å². The van der Waals surface area contributed by atoms with Gasteiger partial charge in [-0.1, -0.05) is 12.1 Å². The summed E-state index contributed by atoms with van der Waals surface area (Å²) in [6.45, 7) is 0.823. The number of nitrogens with zero attached hydrogens (tertiary/aromatic N) is 3. The number of hydrogen-bond donors (Lipinski definition) is 1. The molecule has 0 bridgehead atoms. The van der Waals surface area contributed by atoms with Crippen molar-refractivity contribution in [2.24, 2.45) is 0 Å². The second kappa shape index (κ2) is 7.58. The Morgan fingerprint density at radius 1 is 0.903 bits per heavy atom. The molecule has 1 N–H and O–H groups in total. The van der Waals surface area contributed by atoms with Gasteiger partial charge in [0.05, 0.1) is 21.6 Å². The highest BCUT2D eigenvalue weighted by Gasteiger charge is 2.33. The van der Waals surface area contributed by atoms with Crippen LogP contribution in [0.3, 0.4) is 0 Å². The van der Waals surface area contributed by atoms with Crippen LogP contribution in [0.2, 0.25) is 0 Å². The molecule has 31 heavy (non-hydrogen) atoms. The molecule has 160 valence electrons. The standard InChI is InChI=1S/C22H22N4O4S/c27-20-9-10-21(28)26(20)16-5-7-17(8-6-16)31(29,30)25-13-11-15(12-14-25)22-23-18-3-1-2-4-19(18)24-22/h1-8,15H,9-14H2,(H,23,24). The number of fused-ring (bicyclic) bond motifs is 1. The Bertz CT molecular complexity index is 1210. The second-order valence-corrected chi connectivity index (χ2v) is 9.87. The van der Waals surface area contributed by atoms with E-state index in [1.807, 2.05) is 24.3 Å². The molecule has 0 aliphatic carbocycles. The molecule has 3 aromatic rings. The van der Waals surface area contributed by atoms with Crippen LogP contribution in [0.1, 0.15) is 37.4 Å². The summed E-state index contributed by atoms with van der Waals surface area (Å²) in [7, 11) is -3.65. The third kappa shape index (κ3) is 3.53. The maximum Gasteiger partial charge on any atom is 0.243 e. The summed E-state index contributed by atoms with van der Waals surface area (Å²) in [6.07, 6.45) is 1.76. The van der Waals surface area contributed by atoms with E-state index in [9.17, 15) is 18.0 Å². The molecular weight excluding hydrogens is 416 g/mol. The van der Waals surface area contributed by atoms with E-state index in [4.69, 9.17) is 0 Å². The first-order valence-corrected chi connectivity index (χ1v) is 11.8. The zero-order valence-electron chi connectivity index (χ0n) is 16.8. The van der Waals surface area contributed by atoms with Gasteiger partial charge in [0.2, 0.25) is 21.8 Å². The number of imide groups is 1. The number of imidazole rings is 1. The molecule has 3 heterocycles. The number of H-pyrrole nitrogens is 1. The number of hydrogen-bond acceptors (Lipinski definition) is 5. The van der Waals surface area contributed by atoms with Crippen molar-refractivity contribution in [2.45, 2.75) is 36.5 Å². The number of para-hydroxylation sites is 2. The minimum Gasteiger partial charge on any atom is -0.342 e. The van der Waals surface area contributed by atoms with E-state index < -0.39 is 10.0 Å². The van der Waals surface area contributed by atoms with E-state index in [0.29, 0.717) is 31.6 Å². The van der Waals surface area contributed by atoms with Crippen molar-refractivity contribution in [2.75, 3.05) is 18.0 Å². The molecule has 0 radical (unpaired) electrons. The number of sulfonamides is 1. The molecular formula is C22H22N4O4S. The van der Waals surface area contributed by atoms with Crippen molar-refractivity contribution < 1.29 is 18.0 Å². The normalized spacial score (nSPS) is 18.9. The predicted molar refractivity (Wildman–Crippen MR) is 115 cm³/mol. The topological polar surface area (TPSA) is 103 Å². The molecule has 9 heteroatoms. The monoisotopic (exact) mass is 438 g/mol. The third-order valence-corrected chi connectivity index (χ3v) is 7.95. The first-order valence-electron chi connectivity index (χ1n) is 10.3. The van der Waals surface area contributed by atoms with Gasteiger partial charge in [0.15, 0.2) is 0 Å². The molecule has 2 aromatic carbocycles. The smallest absolute Gasteiger partial charge is 0.243 e. The lowest BCUT2D eigenvalue weighted by atomic mass is 9.97. The zero-order valence-corrected chi connectivity index (χ0v) is 17.6. The van der Waals surface area contributed by atoms with Gasteiger partial charge in [-0.3, -0.25) is 14.5 Å². The Hall–Kier alpha value is -3.04. The van der Waals surface area contributed by atoms with Crippen LogP contribution < -0.4 is 4.90 Å². The Balaban J connectivity index is 1.29. The lowest BCUT2D eigenvalue weighted by molar-refractivity contribution is -0.121. The SMILES string of the molecule is O=C1CCC(=O)N1c1ccc(S(=O)(=O)N2CCC(c3nc4ccccc4[nH]3)CC2)cc1. The van der Waals surface area contributed by atoms with Crippen LogP contribution in [0.4, 0.5) is 5.69 Å². The third-order valence-electron chi connectivity index (χ3n) is 6.03. The average Bonchev–Trinajstić information content (AvgIpc) is 3.37. The molecule has 1 aromatic heterocycles. The fourth-order valence-electron chi connectivity index (χ4n) is 4.32. The van der Waals surface area contributed by atoms with Crippen LogP contribution in [-0.2, 0) is 19.6 Å². The van der Waals surface area contributed by atoms with Crippen molar-refractivity contribution >= 4 is 38.6 Å². The van der Waals surface area contributed by atoms with Crippen LogP contribution >= 0.6 is 0 Å². The number of aromatic nitrogens is 2. The summed E-state index contributed by atoms with van der Waals surface area (Å²) in [5, 5.41) is 0. The number of rotatable bonds is 4. The molecule has 0 atom stereocenters. The summed E-state index contributed by atoms with van der Waals surface area (Å²) in [5.74, 6) is 0.581. The Labute approximate surface area is 179 Å². The molecule has 2 saturated heterocycles. The first kappa shape index (κ1) is 19.9. The van der Waals surface area contributed by atoms with Gasteiger partial charge in [-0.2, -0.15) is 4.31 Å². The van der Waals surface area contributed by atoms with Crippen molar-refractivity contribution in [3.63, 3.8) is 0 Å². The van der Waals surface area contributed by atoms with Gasteiger partial charge < -0.3 is 4.98 Å². The lowest BCUT2D eigenvalue weighted by Crippen LogP contribution is -2.38. The number of anilines is 1. The lowest BCUT2D eigenvalue weighted by Gasteiger charge is -2.30. The minimum atomic E-state index is -3.65. The molecule has 2 amide bonds. The first-order chi connectivity index (χ1) is 14.9. The zero-order chi connectivity index (χ0) is 21.6. The number of aromatic amines is 1. The van der Waals surface area contributed by atoms with Gasteiger partial charge in [0, 0.05) is 31.8 Å². The number of carbonyl (C=O) groups excluding carboxylic acids is 2. The number of carbonyl (C=O) groups is 2. The van der Waals surface area contributed by atoms with Crippen LogP contribution in [0.25, 0.3) is 11.0 Å². The Morgan fingerprint density at radius 3 is 2.19 bits per heavy atom. The van der Waals surface area contributed by atoms with E-state index in [2.05, 4.69) is 9.97 Å². The van der Waals surface area contributed by atoms with Crippen molar-refractivity contribution in [1.82, 2.24) is 14.3 Å². The largest absolute Gasteiger partial charge is 0.342 e. The highest BCUT2D eigenvalue weighted by atomic mass is 32.2. The van der Waals surface area contributed by atoms with Crippen molar-refractivity contribution in [1.29, 1.82) is 0 Å². The van der Waals surface area contributed by atoms with E-state index in [-0.39, 0.29) is 35.5 Å². The highest BCUT2D eigenvalue weighted by molar-refractivity contribution is 7.89. The summed E-state index contributed by atoms with van der Waals surface area (Å²) in [6, 6.07) is 13.8. The van der Waals surface area contributed by atoms with Gasteiger partial charge in [0.1, 0.15) is 5.82 Å². The van der Waals surface area contributed by atoms with Crippen molar-refractivity contribution in [3.8, 4) is 0 Å². The molecule has 2 fully saturated rings. The minimum absolute atomic E-state index is 0.164. The molecule has 0 saturated carbocycles. The van der Waals surface area contributed by atoms with Gasteiger partial charge in [-0.15, -0.1) is 0 Å². The summed E-state index contributed by atoms with van der Waals surface area (Å²) < 4.78 is 27.7. The average molecular weight is 439 g/mol. The van der Waals surface area contributed by atoms with Gasteiger partial charge >= 0.3 is 0 Å². The summed E-state index contributed by atoms with van der Waals surface area (Å²) in [5.41, 5.74) is 2.32. The number of piperidine rings is 1. The van der Waals surface area contributed by atoms with E-state index >= 15 is 0 Å². The van der Waals surface area contributed by atoms with Crippen LogP contribution in [-0.4, -0.2) is 47.6 Å². The molecule has 5 rings (SSSR count). The number of nitrogens with one attached hydrogen (secondary N) is 1. The maximum atomic E-state index is 13.1. The summed E-state index contributed by atoms with van der Waals surface area (Å²) in [4.78, 5) is 33.1. The van der Waals surface area contributed by atoms with Crippen LogP contribution in [0, 0.1) is 0 Å². The number of benzene rings is 2. The Morgan fingerprint density at radius 2 is 1.55 bits per heavy atom. The van der Waals surface area contributed by atoms with E-state index in [1.165, 1.54) is 28.6 Å². The van der Waals surface area contributed by atoms with E-state index in [0.717, 1.165) is 21.8 Å². The fourth-order valence-corrected chi connectivity index (χ4v) is 5.79. The molecule has 8 nitrogen and oxygen atoms in total. The van der Waals surface area contributed by atoms with Crippen molar-refractivity contribution in [3.05, 3.63) is 54.4 Å². The van der Waals surface area contributed by atoms with E-state index in [1.54, 1.807) is 0 Å². The van der Waals surface area contributed by atoms with Gasteiger partial charge in [-0.05, 0) is 49.2 Å². The second-order valence-electron chi connectivity index (χ2n) is 7.93. The molecule has 0 spiro atoms. The van der Waals surface area contributed by atoms with Crippen LogP contribution in [0.15, 0.2) is 53.4 Å². The Kier molecular flexibility index (Phi) is 4.86. The maximum absolute atomic E-state index is 13.1. The van der Waals surface area contributed by atoms with Crippen LogP contribution in [0.5, 0.6) is 0 Å². The van der Waals surface area contributed by atoms with Gasteiger partial charge in [-0.25, -0.2) is 13.4 Å². The quantitative estimate of drug-likeness (QED) is 0.631. The summed E-state index contributed by atoms with van der Waals surface area (Å²) >= 11 is 0. The molecule has 2 aliphatic heterocycles.